The van der Waals surface area contributed by atoms with Crippen LogP contribution in [0, 0.1) is 0 Å². The molecule has 0 radical (unpaired) electrons. The first-order valence-electron chi connectivity index (χ1n) is 13.5. The predicted octanol–water partition coefficient (Wildman–Crippen LogP) is -2.54. The van der Waals surface area contributed by atoms with E-state index in [4.69, 9.17) is 57.9 Å². The summed E-state index contributed by atoms with van der Waals surface area (Å²) in [4.78, 5) is 30.0. The maximum Gasteiger partial charge on any atom is 1.00 e. The number of carbonyl (C=O) groups is 3. The number of carboxylic acid groups (broad SMARTS) is 4. The molecule has 0 aromatic heterocycles. The largest absolute Gasteiger partial charge is 1.00 e. The molecule has 0 saturated carbocycles. The van der Waals surface area contributed by atoms with Crippen molar-refractivity contribution in [3.63, 3.8) is 0 Å². The van der Waals surface area contributed by atoms with Crippen LogP contribution in [0.15, 0.2) is 94.7 Å². The first-order valence-corrected chi connectivity index (χ1v) is 18.1. The fourth-order valence-electron chi connectivity index (χ4n) is 3.61. The van der Waals surface area contributed by atoms with Crippen LogP contribution in [0.5, 0.6) is 11.5 Å². The normalized spacial score (nSPS) is 10.2. The molecule has 21 heteroatoms. The van der Waals surface area contributed by atoms with Crippen molar-refractivity contribution in [2.24, 2.45) is 0 Å². The van der Waals surface area contributed by atoms with Crippen LogP contribution in [0.3, 0.4) is 0 Å². The van der Waals surface area contributed by atoms with Crippen LogP contribution >= 0.6 is 23.2 Å². The summed E-state index contributed by atoms with van der Waals surface area (Å²) in [6.07, 6.45) is -0.0749. The molecule has 0 bridgehead atoms. The van der Waals surface area contributed by atoms with Crippen LogP contribution in [0.4, 0.5) is 27.5 Å². The number of ether oxygens (including phenoxy) is 2. The van der Waals surface area contributed by atoms with E-state index in [0.29, 0.717) is 44.3 Å². The molecule has 4 aromatic carbocycles. The Labute approximate surface area is 394 Å². The third-order valence-electron chi connectivity index (χ3n) is 5.71. The number of carbonyl (C=O) groups excluding carboxylic acids is 1. The molecule has 0 aliphatic carbocycles. The number of aliphatic carboxylic acids is 2. The van der Waals surface area contributed by atoms with E-state index in [1.54, 1.807) is 60.7 Å². The van der Waals surface area contributed by atoms with Gasteiger partial charge in [-0.25, -0.2) is 26.4 Å². The molecule has 0 saturated heterocycles. The first-order chi connectivity index (χ1) is 23.2. The summed E-state index contributed by atoms with van der Waals surface area (Å²) in [5, 5.41) is 41.0. The molecule has 0 heterocycles. The third kappa shape index (κ3) is 19.4. The fourth-order valence-corrected chi connectivity index (χ4v) is 5.22. The van der Waals surface area contributed by atoms with Gasteiger partial charge in [0.05, 0.1) is 21.2 Å². The van der Waals surface area contributed by atoms with Gasteiger partial charge in [0.1, 0.15) is 11.5 Å². The van der Waals surface area contributed by atoms with Gasteiger partial charge in [-0.3, -0.25) is 0 Å². The molecular formula is C31H28Cl2K2N2O13S2. The van der Waals surface area contributed by atoms with Crippen molar-refractivity contribution >= 4 is 83.7 Å². The van der Waals surface area contributed by atoms with Gasteiger partial charge in [0.2, 0.25) is 0 Å². The van der Waals surface area contributed by atoms with Gasteiger partial charge in [-0.15, -0.1) is 0 Å². The van der Waals surface area contributed by atoms with Gasteiger partial charge in [-0.05, 0) is 91.1 Å². The molecule has 52 heavy (non-hydrogen) atoms. The zero-order valence-electron chi connectivity index (χ0n) is 28.0. The van der Waals surface area contributed by atoms with Crippen LogP contribution in [-0.2, 0) is 29.3 Å². The monoisotopic (exact) mass is 848 g/mol. The Kier molecular flexibility index (Phi) is 22.9. The smallest absolute Gasteiger partial charge is 0.652 e. The number of halogens is 2. The Morgan fingerprint density at radius 1 is 0.615 bits per heavy atom. The van der Waals surface area contributed by atoms with E-state index < -0.39 is 51.0 Å². The van der Waals surface area contributed by atoms with E-state index in [0.717, 1.165) is 12.5 Å². The fraction of sp³-hybridized carbons (Fsp3) is 0.129. The van der Waals surface area contributed by atoms with Crippen LogP contribution in [0.2, 0.25) is 10.0 Å². The topological polar surface area (TPSA) is 249 Å². The van der Waals surface area contributed by atoms with Gasteiger partial charge in [-0.1, -0.05) is 23.2 Å². The van der Waals surface area contributed by atoms with Crippen molar-refractivity contribution in [3.8, 4) is 11.5 Å². The molecule has 15 nitrogen and oxygen atoms in total. The molecule has 0 amide bonds. The van der Waals surface area contributed by atoms with Crippen molar-refractivity contribution in [2.75, 3.05) is 36.4 Å². The summed E-state index contributed by atoms with van der Waals surface area (Å²) in [6.45, 7) is -0.966. The maximum absolute atomic E-state index is 11.4. The van der Waals surface area contributed by atoms with Gasteiger partial charge in [-0.2, -0.15) is 0 Å². The summed E-state index contributed by atoms with van der Waals surface area (Å²) >= 11 is 11.9. The van der Waals surface area contributed by atoms with E-state index in [9.17, 15) is 26.4 Å². The number of hydrogen-bond acceptors (Lipinski definition) is 13. The quantitative estimate of drug-likeness (QED) is 0.107. The molecule has 4 rings (SSSR count). The van der Waals surface area contributed by atoms with Gasteiger partial charge in [0.25, 0.3) is 0 Å². The maximum atomic E-state index is 11.4. The van der Waals surface area contributed by atoms with Gasteiger partial charge >= 0.3 is 115 Å². The second-order valence-corrected chi connectivity index (χ2v) is 14.6. The Morgan fingerprint density at radius 2 is 0.904 bits per heavy atom. The average Bonchev–Trinajstić information content (AvgIpc) is 3.00. The van der Waals surface area contributed by atoms with E-state index in [-0.39, 0.29) is 113 Å². The Hall–Kier alpha value is -1.96. The minimum Gasteiger partial charge on any atom is -0.652 e. The Bertz CT molecular complexity index is 1890. The van der Waals surface area contributed by atoms with Crippen molar-refractivity contribution in [1.29, 1.82) is 0 Å². The molecule has 0 fully saturated rings. The zero-order chi connectivity index (χ0) is 37.6. The summed E-state index contributed by atoms with van der Waals surface area (Å²) in [6, 6.07) is 21.7. The van der Waals surface area contributed by atoms with Crippen LogP contribution in [-0.4, -0.2) is 70.9 Å². The van der Waals surface area contributed by atoms with E-state index in [1.807, 2.05) is 0 Å². The Morgan fingerprint density at radius 3 is 1.15 bits per heavy atom. The standard InChI is InChI=1S/2C15H14ClNO5S.CH2O3.2K/c2*1-23(20,21)12-5-3-11(4-6-12)17-13-8-10(16)2-7-14(13)22-9-15(18)19;2-1(3)4;;/h2*2-8,17H,9H2,1H3,(H,18,19);(H2,2,3,4);;/q;;;2*+1/p-2. The number of carboxylic acids is 2. The SMILES string of the molecule is CS(=O)(=O)c1ccc(Nc2cc(Cl)ccc2OCC(=O)O)cc1.CS(=O)(=O)c1ccc(Nc2cc(Cl)ccc2OCC(=O)O)cc1.O=C([O-])[O-].[K+].[K+]. The number of sulfone groups is 2. The second kappa shape index (κ2) is 23.7. The molecule has 0 spiro atoms. The molecule has 0 unspecified atom stereocenters. The number of nitrogens with one attached hydrogen (secondary N) is 2. The average molecular weight is 850 g/mol. The number of benzene rings is 4. The molecule has 0 aliphatic rings. The van der Waals surface area contributed by atoms with Gasteiger partial charge in [0.15, 0.2) is 32.9 Å². The van der Waals surface area contributed by atoms with Crippen LogP contribution in [0.25, 0.3) is 0 Å². The van der Waals surface area contributed by atoms with Gasteiger partial charge < -0.3 is 45.3 Å². The number of anilines is 4. The van der Waals surface area contributed by atoms with Gasteiger partial charge in [0, 0.05) is 33.9 Å². The third-order valence-corrected chi connectivity index (χ3v) is 8.44. The molecule has 0 aliphatic heterocycles. The first kappa shape index (κ1) is 50.0. The molecular weight excluding hydrogens is 822 g/mol. The van der Waals surface area contributed by atoms with E-state index >= 15 is 0 Å². The van der Waals surface area contributed by atoms with E-state index in [2.05, 4.69) is 10.6 Å². The second-order valence-electron chi connectivity index (χ2n) is 9.74. The zero-order valence-corrected chi connectivity index (χ0v) is 37.3. The summed E-state index contributed by atoms with van der Waals surface area (Å²) in [7, 11) is -6.53. The molecule has 0 atom stereocenters. The summed E-state index contributed by atoms with van der Waals surface area (Å²) in [5.74, 6) is -1.54. The van der Waals surface area contributed by atoms with Crippen LogP contribution < -0.4 is 133 Å². The minimum atomic E-state index is -3.26. The van der Waals surface area contributed by atoms with Crippen molar-refractivity contribution in [2.45, 2.75) is 9.79 Å². The molecule has 4 aromatic rings. The predicted molar refractivity (Wildman–Crippen MR) is 180 cm³/mol. The summed E-state index contributed by atoms with van der Waals surface area (Å²) < 4.78 is 56.1. The minimum absolute atomic E-state index is 0. The molecule has 4 N–H and O–H groups in total. The molecule has 268 valence electrons. The number of hydrogen-bond donors (Lipinski definition) is 4. The van der Waals surface area contributed by atoms with Crippen molar-refractivity contribution in [3.05, 3.63) is 95.0 Å². The van der Waals surface area contributed by atoms with E-state index in [1.165, 1.54) is 24.3 Å². The van der Waals surface area contributed by atoms with Crippen molar-refractivity contribution < 1.29 is 164 Å². The number of rotatable bonds is 12. The summed E-state index contributed by atoms with van der Waals surface area (Å²) in [5.41, 5.74) is 2.18. The van der Waals surface area contributed by atoms with Crippen LogP contribution in [0.1, 0.15) is 0 Å². The van der Waals surface area contributed by atoms with Crippen molar-refractivity contribution in [1.82, 2.24) is 0 Å². The Balaban J connectivity index is 0.000000876.